The van der Waals surface area contributed by atoms with Crippen LogP contribution in [-0.4, -0.2) is 30.0 Å². The van der Waals surface area contributed by atoms with Crippen LogP contribution in [0, 0.1) is 5.82 Å². The summed E-state index contributed by atoms with van der Waals surface area (Å²) in [6.45, 7) is 3.83. The average Bonchev–Trinajstić information content (AvgIpc) is 2.30. The van der Waals surface area contributed by atoms with Crippen LogP contribution in [0.4, 0.5) is 4.39 Å². The number of hydrogen-bond donors (Lipinski definition) is 0. The van der Waals surface area contributed by atoms with E-state index in [2.05, 4.69) is 0 Å². The van der Waals surface area contributed by atoms with Crippen molar-refractivity contribution in [3.8, 4) is 0 Å². The lowest BCUT2D eigenvalue weighted by molar-refractivity contribution is -0.145. The molecule has 0 N–H and O–H groups in total. The zero-order valence-corrected chi connectivity index (χ0v) is 10.6. The van der Waals surface area contributed by atoms with Crippen molar-refractivity contribution in [2.24, 2.45) is 0 Å². The lowest BCUT2D eigenvalue weighted by Gasteiger charge is -2.39. The van der Waals surface area contributed by atoms with E-state index in [-0.39, 0.29) is 17.8 Å². The Kier molecular flexibility index (Phi) is 4.31. The molecule has 0 aliphatic carbocycles. The van der Waals surface area contributed by atoms with E-state index in [0.29, 0.717) is 26.1 Å². The first-order valence-electron chi connectivity index (χ1n) is 6.33. The molecule has 1 aromatic carbocycles. The number of ether oxygens (including phenoxy) is 1. The Morgan fingerprint density at radius 2 is 2.06 bits per heavy atom. The van der Waals surface area contributed by atoms with Crippen molar-refractivity contribution >= 4 is 5.91 Å². The van der Waals surface area contributed by atoms with Crippen LogP contribution in [0.2, 0.25) is 0 Å². The molecular weight excluding hydrogens is 233 g/mol. The molecule has 1 aliphatic rings. The molecule has 1 aromatic rings. The third-order valence-corrected chi connectivity index (χ3v) is 3.06. The molecule has 3 nitrogen and oxygen atoms in total. The molecule has 0 bridgehead atoms. The monoisotopic (exact) mass is 251 g/mol. The Balaban J connectivity index is 1.68. The Morgan fingerprint density at radius 3 is 2.67 bits per heavy atom. The maximum atomic E-state index is 12.7. The van der Waals surface area contributed by atoms with Crippen molar-refractivity contribution < 1.29 is 13.9 Å². The summed E-state index contributed by atoms with van der Waals surface area (Å²) in [5.41, 5.74) is 0.953. The van der Waals surface area contributed by atoms with E-state index < -0.39 is 0 Å². The highest BCUT2D eigenvalue weighted by Gasteiger charge is 2.30. The fourth-order valence-electron chi connectivity index (χ4n) is 1.91. The van der Waals surface area contributed by atoms with Gasteiger partial charge in [0.1, 0.15) is 5.82 Å². The standard InChI is InChI=1S/C14H18FNO2/c1-2-3-14(17)16-8-13(9-16)18-10-11-4-6-12(15)7-5-11/h4-7,13H,2-3,8-10H2,1H3. The minimum Gasteiger partial charge on any atom is -0.370 e. The Labute approximate surface area is 107 Å². The number of carbonyl (C=O) groups excluding carboxylic acids is 1. The summed E-state index contributed by atoms with van der Waals surface area (Å²) < 4.78 is 18.3. The van der Waals surface area contributed by atoms with Crippen LogP contribution < -0.4 is 0 Å². The molecular formula is C14H18FNO2. The van der Waals surface area contributed by atoms with Crippen LogP contribution in [0.5, 0.6) is 0 Å². The second-order valence-corrected chi connectivity index (χ2v) is 4.61. The van der Waals surface area contributed by atoms with Gasteiger partial charge in [-0.2, -0.15) is 0 Å². The van der Waals surface area contributed by atoms with Crippen molar-refractivity contribution in [3.05, 3.63) is 35.6 Å². The van der Waals surface area contributed by atoms with Gasteiger partial charge in [-0.1, -0.05) is 19.1 Å². The highest BCUT2D eigenvalue weighted by atomic mass is 19.1. The normalized spacial score (nSPS) is 15.6. The minimum atomic E-state index is -0.237. The summed E-state index contributed by atoms with van der Waals surface area (Å²) >= 11 is 0. The first-order valence-corrected chi connectivity index (χ1v) is 6.33. The molecule has 1 fully saturated rings. The molecule has 0 atom stereocenters. The number of nitrogens with zero attached hydrogens (tertiary/aromatic N) is 1. The van der Waals surface area contributed by atoms with Gasteiger partial charge in [-0.25, -0.2) is 4.39 Å². The van der Waals surface area contributed by atoms with Crippen molar-refractivity contribution in [1.82, 2.24) is 4.90 Å². The lowest BCUT2D eigenvalue weighted by Crippen LogP contribution is -2.54. The number of benzene rings is 1. The fraction of sp³-hybridized carbons (Fsp3) is 0.500. The van der Waals surface area contributed by atoms with Crippen LogP contribution in [0.3, 0.4) is 0 Å². The van der Waals surface area contributed by atoms with Crippen molar-refractivity contribution in [3.63, 3.8) is 0 Å². The maximum Gasteiger partial charge on any atom is 0.222 e. The van der Waals surface area contributed by atoms with Crippen LogP contribution in [0.25, 0.3) is 0 Å². The van der Waals surface area contributed by atoms with Crippen LogP contribution in [0.15, 0.2) is 24.3 Å². The highest BCUT2D eigenvalue weighted by molar-refractivity contribution is 5.77. The van der Waals surface area contributed by atoms with E-state index in [4.69, 9.17) is 4.74 Å². The quantitative estimate of drug-likeness (QED) is 0.804. The van der Waals surface area contributed by atoms with Crippen LogP contribution >= 0.6 is 0 Å². The molecule has 2 rings (SSSR count). The number of hydrogen-bond acceptors (Lipinski definition) is 2. The molecule has 1 aliphatic heterocycles. The number of carbonyl (C=O) groups is 1. The van der Waals surface area contributed by atoms with Gasteiger partial charge in [0.15, 0.2) is 0 Å². The van der Waals surface area contributed by atoms with E-state index in [0.717, 1.165) is 12.0 Å². The Hall–Kier alpha value is -1.42. The van der Waals surface area contributed by atoms with Gasteiger partial charge in [0.2, 0.25) is 5.91 Å². The molecule has 0 unspecified atom stereocenters. The molecule has 4 heteroatoms. The van der Waals surface area contributed by atoms with E-state index >= 15 is 0 Å². The van der Waals surface area contributed by atoms with Gasteiger partial charge in [0, 0.05) is 19.5 Å². The number of rotatable bonds is 5. The van der Waals surface area contributed by atoms with E-state index in [9.17, 15) is 9.18 Å². The Bertz CT molecular complexity index is 399. The summed E-state index contributed by atoms with van der Waals surface area (Å²) in [4.78, 5) is 13.3. The second-order valence-electron chi connectivity index (χ2n) is 4.61. The summed E-state index contributed by atoms with van der Waals surface area (Å²) in [5, 5.41) is 0. The number of halogens is 1. The largest absolute Gasteiger partial charge is 0.370 e. The van der Waals surface area contributed by atoms with Gasteiger partial charge >= 0.3 is 0 Å². The maximum absolute atomic E-state index is 12.7. The van der Waals surface area contributed by atoms with E-state index in [1.54, 1.807) is 12.1 Å². The van der Waals surface area contributed by atoms with Crippen molar-refractivity contribution in [2.75, 3.05) is 13.1 Å². The van der Waals surface area contributed by atoms with Gasteiger partial charge in [-0.15, -0.1) is 0 Å². The third kappa shape index (κ3) is 3.29. The van der Waals surface area contributed by atoms with Gasteiger partial charge in [0.25, 0.3) is 0 Å². The van der Waals surface area contributed by atoms with Crippen molar-refractivity contribution in [2.45, 2.75) is 32.5 Å². The van der Waals surface area contributed by atoms with Gasteiger partial charge < -0.3 is 9.64 Å². The molecule has 0 aromatic heterocycles. The zero-order chi connectivity index (χ0) is 13.0. The van der Waals surface area contributed by atoms with E-state index in [1.807, 2.05) is 11.8 Å². The number of amides is 1. The molecule has 1 saturated heterocycles. The molecule has 1 amide bonds. The van der Waals surface area contributed by atoms with Crippen molar-refractivity contribution in [1.29, 1.82) is 0 Å². The fourth-order valence-corrected chi connectivity index (χ4v) is 1.91. The molecule has 0 spiro atoms. The number of likely N-dealkylation sites (tertiary alicyclic amines) is 1. The molecule has 98 valence electrons. The van der Waals surface area contributed by atoms with Gasteiger partial charge in [-0.3, -0.25) is 4.79 Å². The second kappa shape index (κ2) is 5.96. The zero-order valence-electron chi connectivity index (χ0n) is 10.6. The predicted octanol–water partition coefficient (Wildman–Crippen LogP) is 2.35. The van der Waals surface area contributed by atoms with Gasteiger partial charge in [0.05, 0.1) is 12.7 Å². The summed E-state index contributed by atoms with van der Waals surface area (Å²) in [5.74, 6) is -0.0298. The minimum absolute atomic E-state index is 0.121. The van der Waals surface area contributed by atoms with E-state index in [1.165, 1.54) is 12.1 Å². The third-order valence-electron chi connectivity index (χ3n) is 3.06. The molecule has 18 heavy (non-hydrogen) atoms. The average molecular weight is 251 g/mol. The summed E-state index contributed by atoms with van der Waals surface area (Å²) in [7, 11) is 0. The van der Waals surface area contributed by atoms with Crippen LogP contribution in [-0.2, 0) is 16.1 Å². The molecule has 0 radical (unpaired) electrons. The molecule has 1 heterocycles. The van der Waals surface area contributed by atoms with Gasteiger partial charge in [-0.05, 0) is 24.1 Å². The van der Waals surface area contributed by atoms with Crippen LogP contribution in [0.1, 0.15) is 25.3 Å². The highest BCUT2D eigenvalue weighted by Crippen LogP contribution is 2.15. The summed E-state index contributed by atoms with van der Waals surface area (Å²) in [6, 6.07) is 6.29. The topological polar surface area (TPSA) is 29.5 Å². The first kappa shape index (κ1) is 13.0. The first-order chi connectivity index (χ1) is 8.69. The summed E-state index contributed by atoms with van der Waals surface area (Å²) in [6.07, 6.45) is 1.62. The molecule has 0 saturated carbocycles. The smallest absolute Gasteiger partial charge is 0.222 e. The Morgan fingerprint density at radius 1 is 1.39 bits per heavy atom. The lowest BCUT2D eigenvalue weighted by atomic mass is 10.1. The SMILES string of the molecule is CCCC(=O)N1CC(OCc2ccc(F)cc2)C1. The predicted molar refractivity (Wildman–Crippen MR) is 66.5 cm³/mol.